The minimum absolute atomic E-state index is 0.292. The van der Waals surface area contributed by atoms with Gasteiger partial charge in [0.15, 0.2) is 0 Å². The van der Waals surface area contributed by atoms with Crippen molar-refractivity contribution in [1.82, 2.24) is 0 Å². The minimum Gasteiger partial charge on any atom is -0.396 e. The molecule has 0 amide bonds. The van der Waals surface area contributed by atoms with Crippen LogP contribution < -0.4 is 0 Å². The summed E-state index contributed by atoms with van der Waals surface area (Å²) in [6.45, 7) is 6.89. The van der Waals surface area contributed by atoms with Gasteiger partial charge in [0.25, 0.3) is 0 Å². The molecular formula is C14H22OS. The van der Waals surface area contributed by atoms with E-state index in [1.165, 1.54) is 11.1 Å². The van der Waals surface area contributed by atoms with Gasteiger partial charge < -0.3 is 5.11 Å². The van der Waals surface area contributed by atoms with Gasteiger partial charge in [-0.05, 0) is 23.5 Å². The molecule has 0 spiro atoms. The molecule has 0 aliphatic carbocycles. The maximum absolute atomic E-state index is 8.82. The summed E-state index contributed by atoms with van der Waals surface area (Å²) in [7, 11) is 0. The molecule has 0 saturated carbocycles. The monoisotopic (exact) mass is 238 g/mol. The molecule has 1 unspecified atom stereocenters. The molecule has 0 fully saturated rings. The van der Waals surface area contributed by atoms with Crippen molar-refractivity contribution in [3.05, 3.63) is 35.4 Å². The average molecular weight is 238 g/mol. The second kappa shape index (κ2) is 6.97. The van der Waals surface area contributed by atoms with Gasteiger partial charge in [0.2, 0.25) is 0 Å². The third-order valence-corrected chi connectivity index (χ3v) is 4.02. The number of hydrogen-bond acceptors (Lipinski definition) is 2. The molecule has 2 heteroatoms. The maximum Gasteiger partial charge on any atom is 0.0441 e. The molecule has 0 saturated heterocycles. The van der Waals surface area contributed by atoms with E-state index >= 15 is 0 Å². The van der Waals surface area contributed by atoms with Gasteiger partial charge in [-0.15, -0.1) is 0 Å². The fraction of sp³-hybridized carbons (Fsp3) is 0.571. The highest BCUT2D eigenvalue weighted by Gasteiger charge is 2.03. The van der Waals surface area contributed by atoms with Crippen LogP contribution in [-0.4, -0.2) is 17.0 Å². The van der Waals surface area contributed by atoms with Crippen LogP contribution in [0.1, 0.15) is 44.2 Å². The topological polar surface area (TPSA) is 20.2 Å². The Bertz CT molecular complexity index is 292. The van der Waals surface area contributed by atoms with Crippen molar-refractivity contribution < 1.29 is 5.11 Å². The molecule has 1 N–H and O–H groups in total. The minimum atomic E-state index is 0.292. The summed E-state index contributed by atoms with van der Waals surface area (Å²) in [5, 5.41) is 9.35. The van der Waals surface area contributed by atoms with E-state index in [4.69, 9.17) is 5.11 Å². The molecular weight excluding hydrogens is 216 g/mol. The Morgan fingerprint density at radius 2 is 1.75 bits per heavy atom. The van der Waals surface area contributed by atoms with Gasteiger partial charge >= 0.3 is 0 Å². The standard InChI is InChI=1S/C14H22OS/c1-11(2)14-6-4-13(5-7-14)10-16-12(3)8-9-15/h4-7,11-12,15H,8-10H2,1-3H3. The molecule has 0 aliphatic heterocycles. The predicted molar refractivity (Wildman–Crippen MR) is 73.0 cm³/mol. The zero-order valence-corrected chi connectivity index (χ0v) is 11.3. The van der Waals surface area contributed by atoms with Crippen LogP contribution in [0.3, 0.4) is 0 Å². The second-order valence-electron chi connectivity index (χ2n) is 4.53. The van der Waals surface area contributed by atoms with Gasteiger partial charge in [-0.2, -0.15) is 11.8 Å². The zero-order valence-electron chi connectivity index (χ0n) is 10.4. The first-order valence-electron chi connectivity index (χ1n) is 5.94. The Morgan fingerprint density at radius 1 is 1.12 bits per heavy atom. The van der Waals surface area contributed by atoms with Crippen molar-refractivity contribution in [1.29, 1.82) is 0 Å². The predicted octanol–water partition coefficient (Wildman–Crippen LogP) is 3.81. The Balaban J connectivity index is 2.43. The molecule has 1 nitrogen and oxygen atoms in total. The van der Waals surface area contributed by atoms with E-state index in [0.717, 1.165) is 12.2 Å². The van der Waals surface area contributed by atoms with Crippen LogP contribution in [0.2, 0.25) is 0 Å². The van der Waals surface area contributed by atoms with Crippen LogP contribution in [0.4, 0.5) is 0 Å². The first-order valence-corrected chi connectivity index (χ1v) is 6.99. The lowest BCUT2D eigenvalue weighted by molar-refractivity contribution is 0.289. The van der Waals surface area contributed by atoms with Crippen LogP contribution in [0.25, 0.3) is 0 Å². The third-order valence-electron chi connectivity index (χ3n) is 2.72. The normalized spacial score (nSPS) is 13.1. The lowest BCUT2D eigenvalue weighted by Crippen LogP contribution is -1.99. The van der Waals surface area contributed by atoms with E-state index in [0.29, 0.717) is 17.8 Å². The van der Waals surface area contributed by atoms with Gasteiger partial charge in [0.05, 0.1) is 0 Å². The highest BCUT2D eigenvalue weighted by molar-refractivity contribution is 7.99. The molecule has 1 rings (SSSR count). The molecule has 90 valence electrons. The SMILES string of the molecule is CC(CCO)SCc1ccc(C(C)C)cc1. The molecule has 0 radical (unpaired) electrons. The van der Waals surface area contributed by atoms with E-state index in [-0.39, 0.29) is 0 Å². The molecule has 0 bridgehead atoms. The zero-order chi connectivity index (χ0) is 12.0. The molecule has 0 aliphatic rings. The number of aliphatic hydroxyl groups is 1. The Labute approximate surface area is 103 Å². The number of rotatable bonds is 6. The van der Waals surface area contributed by atoms with Crippen LogP contribution in [0, 0.1) is 0 Å². The van der Waals surface area contributed by atoms with Crippen molar-refractivity contribution in [3.8, 4) is 0 Å². The van der Waals surface area contributed by atoms with Crippen molar-refractivity contribution >= 4 is 11.8 Å². The summed E-state index contributed by atoms with van der Waals surface area (Å²) in [6, 6.07) is 8.87. The van der Waals surface area contributed by atoms with Crippen LogP contribution in [0.5, 0.6) is 0 Å². The van der Waals surface area contributed by atoms with Gasteiger partial charge in [-0.25, -0.2) is 0 Å². The van der Waals surface area contributed by atoms with Crippen LogP contribution in [-0.2, 0) is 5.75 Å². The molecule has 0 aromatic heterocycles. The molecule has 1 aromatic rings. The number of aliphatic hydroxyl groups excluding tert-OH is 1. The first-order chi connectivity index (χ1) is 7.63. The summed E-state index contributed by atoms with van der Waals surface area (Å²) >= 11 is 1.91. The molecule has 1 atom stereocenters. The highest BCUT2D eigenvalue weighted by atomic mass is 32.2. The van der Waals surface area contributed by atoms with Crippen molar-refractivity contribution in [3.63, 3.8) is 0 Å². The van der Waals surface area contributed by atoms with Crippen molar-refractivity contribution in [2.45, 2.75) is 44.1 Å². The maximum atomic E-state index is 8.82. The Kier molecular flexibility index (Phi) is 5.93. The number of hydrogen-bond donors (Lipinski definition) is 1. The largest absolute Gasteiger partial charge is 0.396 e. The van der Waals surface area contributed by atoms with Crippen LogP contribution in [0.15, 0.2) is 24.3 Å². The van der Waals surface area contributed by atoms with Crippen molar-refractivity contribution in [2.24, 2.45) is 0 Å². The Morgan fingerprint density at radius 3 is 2.25 bits per heavy atom. The summed E-state index contributed by atoms with van der Waals surface area (Å²) in [5.74, 6) is 1.65. The van der Waals surface area contributed by atoms with Crippen LogP contribution >= 0.6 is 11.8 Å². The molecule has 0 heterocycles. The third kappa shape index (κ3) is 4.58. The Hall–Kier alpha value is -0.470. The van der Waals surface area contributed by atoms with Gasteiger partial charge in [-0.1, -0.05) is 45.0 Å². The second-order valence-corrected chi connectivity index (χ2v) is 5.96. The lowest BCUT2D eigenvalue weighted by atomic mass is 10.0. The summed E-state index contributed by atoms with van der Waals surface area (Å²) in [4.78, 5) is 0. The summed E-state index contributed by atoms with van der Waals surface area (Å²) in [6.07, 6.45) is 0.884. The quantitative estimate of drug-likeness (QED) is 0.813. The lowest BCUT2D eigenvalue weighted by Gasteiger charge is -2.10. The first kappa shape index (κ1) is 13.6. The van der Waals surface area contributed by atoms with Gasteiger partial charge in [-0.3, -0.25) is 0 Å². The van der Waals surface area contributed by atoms with Crippen molar-refractivity contribution in [2.75, 3.05) is 6.61 Å². The fourth-order valence-corrected chi connectivity index (χ4v) is 2.44. The molecule has 16 heavy (non-hydrogen) atoms. The summed E-state index contributed by atoms with van der Waals surface area (Å²) < 4.78 is 0. The summed E-state index contributed by atoms with van der Waals surface area (Å²) in [5.41, 5.74) is 2.77. The van der Waals surface area contributed by atoms with E-state index in [1.807, 2.05) is 11.8 Å². The number of benzene rings is 1. The average Bonchev–Trinajstić information content (AvgIpc) is 2.27. The van der Waals surface area contributed by atoms with E-state index in [1.54, 1.807) is 0 Å². The highest BCUT2D eigenvalue weighted by Crippen LogP contribution is 2.21. The molecule has 1 aromatic carbocycles. The van der Waals surface area contributed by atoms with E-state index < -0.39 is 0 Å². The fourth-order valence-electron chi connectivity index (χ4n) is 1.50. The van der Waals surface area contributed by atoms with E-state index in [2.05, 4.69) is 45.0 Å². The number of thioether (sulfide) groups is 1. The van der Waals surface area contributed by atoms with E-state index in [9.17, 15) is 0 Å². The smallest absolute Gasteiger partial charge is 0.0441 e. The van der Waals surface area contributed by atoms with Gasteiger partial charge in [0, 0.05) is 17.6 Å². The van der Waals surface area contributed by atoms with Gasteiger partial charge in [0.1, 0.15) is 0 Å².